The Balaban J connectivity index is 0. The number of carbonyl (C=O) groups is 2. The van der Waals surface area contributed by atoms with Gasteiger partial charge in [0.2, 0.25) is 0 Å². The molecule has 0 saturated heterocycles. The average molecular weight is 488 g/mol. The molecule has 0 aliphatic carbocycles. The van der Waals surface area contributed by atoms with Gasteiger partial charge in [-0.1, -0.05) is 0 Å². The van der Waals surface area contributed by atoms with E-state index in [0.717, 1.165) is 0 Å². The number of rotatable bonds is 11. The van der Waals surface area contributed by atoms with Crippen LogP contribution in [0.25, 0.3) is 0 Å². The average Bonchev–Trinajstić information content (AvgIpc) is 2.37. The predicted octanol–water partition coefficient (Wildman–Crippen LogP) is 0.952. The van der Waals surface area contributed by atoms with Crippen molar-refractivity contribution in [3.05, 3.63) is 0 Å². The summed E-state index contributed by atoms with van der Waals surface area (Å²) in [4.78, 5) is 26.0. The highest BCUT2D eigenvalue weighted by Gasteiger charge is 2.02. The molecule has 0 amide bonds. The first kappa shape index (κ1) is 20.9. The summed E-state index contributed by atoms with van der Waals surface area (Å²) < 4.78 is 5.13. The van der Waals surface area contributed by atoms with Crippen LogP contribution >= 0.6 is 37.2 Å². The summed E-state index contributed by atoms with van der Waals surface area (Å²) in [5.74, 6) is 4.51. The van der Waals surface area contributed by atoms with E-state index in [0.29, 0.717) is 26.1 Å². The molecule has 0 saturated carbocycles. The molecule has 18 heavy (non-hydrogen) atoms. The molecule has 4 N–H and O–H groups in total. The Hall–Kier alpha value is 0.600. The van der Waals surface area contributed by atoms with Gasteiger partial charge in [0.15, 0.2) is 5.78 Å². The molecule has 7 nitrogen and oxygen atoms in total. The number of nitrogens with two attached hydrogens (primary N) is 1. The lowest BCUT2D eigenvalue weighted by molar-refractivity contribution is -0.125. The molecule has 0 aromatic rings. The van der Waals surface area contributed by atoms with E-state index in [4.69, 9.17) is 15.8 Å². The third-order valence-electron chi connectivity index (χ3n) is 1.79. The number of hydroxylamine groups is 1. The Morgan fingerprint density at radius 2 is 1.83 bits per heavy atom. The van der Waals surface area contributed by atoms with E-state index in [-0.39, 0.29) is 31.1 Å². The molecule has 108 valence electrons. The van der Waals surface area contributed by atoms with Crippen LogP contribution in [0.5, 0.6) is 0 Å². The van der Waals surface area contributed by atoms with Crippen LogP contribution in [0.1, 0.15) is 19.3 Å². The summed E-state index contributed by atoms with van der Waals surface area (Å²) in [6, 6.07) is 0. The second kappa shape index (κ2) is 17.6. The fraction of sp³-hybridized carbons (Fsp3) is 0.778. The van der Waals surface area contributed by atoms with E-state index in [1.54, 1.807) is 5.48 Å². The number of carbonyl (C=O) groups excluding carboxylic acids is 2. The summed E-state index contributed by atoms with van der Waals surface area (Å²) in [6.07, 6.45) is 1.17. The highest BCUT2D eigenvalue weighted by molar-refractivity contribution is 15.0. The molecule has 0 rings (SSSR count). The smallest absolute Gasteiger partial charge is 0.162 e. The molecule has 0 aromatic carbocycles. The molecular formula is C9H18I2N2O5. The fourth-order valence-corrected chi connectivity index (χ4v) is 1.00. The Kier molecular flexibility index (Phi) is 20.4. The number of ketones is 2. The molecule has 9 heteroatoms. The Bertz CT molecular complexity index is 197. The first-order chi connectivity index (χ1) is 8.70. The van der Waals surface area contributed by atoms with Crippen LogP contribution in [-0.4, -0.2) is 43.1 Å². The van der Waals surface area contributed by atoms with Crippen molar-refractivity contribution in [3.63, 3.8) is 0 Å². The van der Waals surface area contributed by atoms with Crippen molar-refractivity contribution in [3.8, 4) is 0 Å². The van der Waals surface area contributed by atoms with Gasteiger partial charge < -0.3 is 9.94 Å². The number of hydrogen-bond donors (Lipinski definition) is 3. The summed E-state index contributed by atoms with van der Waals surface area (Å²) in [5, 5.41) is 8.23. The maximum absolute atomic E-state index is 10.9. The fourth-order valence-electron chi connectivity index (χ4n) is 1.00. The van der Waals surface area contributed by atoms with Gasteiger partial charge in [0.05, 0.1) is 13.2 Å². The lowest BCUT2D eigenvalue weighted by Crippen LogP contribution is -2.19. The van der Waals surface area contributed by atoms with Crippen LogP contribution in [0, 0.1) is 0 Å². The van der Waals surface area contributed by atoms with Crippen molar-refractivity contribution in [1.29, 1.82) is 0 Å². The van der Waals surface area contributed by atoms with Gasteiger partial charge in [-0.25, -0.2) is 5.90 Å². The third kappa shape index (κ3) is 16.6. The molecule has 0 bridgehead atoms. The van der Waals surface area contributed by atoms with Crippen LogP contribution < -0.4 is 11.4 Å². The molecule has 0 unspecified atom stereocenters. The number of nitrogens with one attached hydrogen (secondary N) is 1. The summed E-state index contributed by atoms with van der Waals surface area (Å²) in [5.41, 5.74) is 1.79. The molecular weight excluding hydrogens is 470 g/mol. The van der Waals surface area contributed by atoms with Gasteiger partial charge in [-0.2, -0.15) is 5.48 Å². The van der Waals surface area contributed by atoms with Gasteiger partial charge >= 0.3 is 0 Å². The van der Waals surface area contributed by atoms with Gasteiger partial charge in [-0.3, -0.25) is 14.4 Å². The van der Waals surface area contributed by atoms with E-state index < -0.39 is 0 Å². The maximum Gasteiger partial charge on any atom is 0.162 e. The van der Waals surface area contributed by atoms with Gasteiger partial charge in [0, 0.05) is 56.7 Å². The normalized spacial score (nSPS) is 9.56. The highest BCUT2D eigenvalue weighted by Crippen LogP contribution is 1.93. The first-order valence-electron chi connectivity index (χ1n) is 5.14. The zero-order chi connectivity index (χ0) is 14.2. The Morgan fingerprint density at radius 3 is 2.39 bits per heavy atom. The van der Waals surface area contributed by atoms with Crippen LogP contribution in [0.15, 0.2) is 0 Å². The third-order valence-corrected chi connectivity index (χ3v) is 1.79. The van der Waals surface area contributed by atoms with Crippen LogP contribution in [0.4, 0.5) is 0 Å². The largest absolute Gasteiger partial charge is 0.381 e. The monoisotopic (exact) mass is 488 g/mol. The molecule has 0 aromatic heterocycles. The molecule has 0 heterocycles. The number of halogens is 2. The van der Waals surface area contributed by atoms with E-state index in [1.165, 1.54) is 0 Å². The van der Waals surface area contributed by atoms with Crippen molar-refractivity contribution in [2.75, 3.05) is 26.4 Å². The minimum absolute atomic E-state index is 0.0493. The lowest BCUT2D eigenvalue weighted by atomic mass is 10.2. The molecule has 0 fully saturated rings. The standard InChI is InChI=1S/C9H18N2O5.I2/c10-16-7-9(13)3-5-15-4-1-2-8(12)6-11-14;1-2/h11,14H,1-7,10H2;. The molecule has 0 radical (unpaired) electrons. The van der Waals surface area contributed by atoms with Crippen LogP contribution in [0.2, 0.25) is 0 Å². The quantitative estimate of drug-likeness (QED) is 0.226. The zero-order valence-electron chi connectivity index (χ0n) is 9.86. The van der Waals surface area contributed by atoms with Gasteiger partial charge in [0.25, 0.3) is 0 Å². The second-order valence-electron chi connectivity index (χ2n) is 3.19. The minimum Gasteiger partial charge on any atom is -0.381 e. The highest BCUT2D eigenvalue weighted by atomic mass is 128. The van der Waals surface area contributed by atoms with Crippen molar-refractivity contribution in [2.24, 2.45) is 5.90 Å². The van der Waals surface area contributed by atoms with E-state index in [9.17, 15) is 9.59 Å². The van der Waals surface area contributed by atoms with Gasteiger partial charge in [-0.05, 0) is 6.42 Å². The molecule has 0 aliphatic rings. The zero-order valence-corrected chi connectivity index (χ0v) is 14.2. The number of hydrogen-bond acceptors (Lipinski definition) is 7. The van der Waals surface area contributed by atoms with Gasteiger partial charge in [-0.15, -0.1) is 0 Å². The predicted molar refractivity (Wildman–Crippen MR) is 82.7 cm³/mol. The van der Waals surface area contributed by atoms with Crippen molar-refractivity contribution < 1.29 is 24.4 Å². The topological polar surface area (TPSA) is 111 Å². The van der Waals surface area contributed by atoms with E-state index in [1.807, 2.05) is 0 Å². The summed E-state index contributed by atoms with van der Waals surface area (Å²) >= 11 is 4.24. The molecule has 0 spiro atoms. The minimum atomic E-state index is -0.122. The second-order valence-corrected chi connectivity index (χ2v) is 3.19. The van der Waals surface area contributed by atoms with Crippen LogP contribution in [-0.2, 0) is 19.2 Å². The Labute approximate surface area is 129 Å². The maximum atomic E-state index is 10.9. The lowest BCUT2D eigenvalue weighted by Gasteiger charge is -2.03. The van der Waals surface area contributed by atoms with Crippen LogP contribution in [0.3, 0.4) is 0 Å². The van der Waals surface area contributed by atoms with Gasteiger partial charge in [0.1, 0.15) is 12.4 Å². The number of ether oxygens (including phenoxy) is 1. The Morgan fingerprint density at radius 1 is 1.17 bits per heavy atom. The van der Waals surface area contributed by atoms with Crippen molar-refractivity contribution in [2.45, 2.75) is 19.3 Å². The van der Waals surface area contributed by atoms with Crippen molar-refractivity contribution in [1.82, 2.24) is 5.48 Å². The summed E-state index contributed by atoms with van der Waals surface area (Å²) in [7, 11) is 0. The van der Waals surface area contributed by atoms with E-state index >= 15 is 0 Å². The number of Topliss-reactive ketones (excluding diaryl/α,β-unsaturated/α-hetero) is 2. The molecule has 0 aliphatic heterocycles. The van der Waals surface area contributed by atoms with E-state index in [2.05, 4.69) is 42.1 Å². The SMILES string of the molecule is II.NOCC(=O)CCOCCCC(=O)CNO. The summed E-state index contributed by atoms with van der Waals surface area (Å²) in [6.45, 7) is 0.554. The first-order valence-corrected chi connectivity index (χ1v) is 11.4. The molecule has 0 atom stereocenters. The van der Waals surface area contributed by atoms with Crippen molar-refractivity contribution >= 4 is 48.8 Å².